The summed E-state index contributed by atoms with van der Waals surface area (Å²) in [5.41, 5.74) is 9.60. The zero-order valence-corrected chi connectivity index (χ0v) is 29.5. The van der Waals surface area contributed by atoms with Crippen molar-refractivity contribution in [1.29, 1.82) is 0 Å². The average molecular weight is 615 g/mol. The summed E-state index contributed by atoms with van der Waals surface area (Å²) in [5.74, 6) is -0.996. The number of carbonyl (C=O) groups excluding carboxylic acids is 2. The molecule has 12 heteroatoms. The number of ether oxygens (including phenoxy) is 5. The first-order valence-electron chi connectivity index (χ1n) is 13.9. The van der Waals surface area contributed by atoms with Crippen LogP contribution in [0.5, 0.6) is 0 Å². The largest absolute Gasteiger partial charge is 0.459 e. The van der Waals surface area contributed by atoms with Crippen molar-refractivity contribution < 1.29 is 42.9 Å². The van der Waals surface area contributed by atoms with Gasteiger partial charge in [-0.25, -0.2) is 0 Å². The lowest BCUT2D eigenvalue weighted by atomic mass is 10.2. The summed E-state index contributed by atoms with van der Waals surface area (Å²) in [6.45, 7) is 28.0. The second kappa shape index (κ2) is 19.3. The molecule has 0 aromatic rings. The molecule has 5 N–H and O–H groups in total. The van der Waals surface area contributed by atoms with Crippen LogP contribution < -0.4 is 11.5 Å². The van der Waals surface area contributed by atoms with Gasteiger partial charge in [0.25, 0.3) is 0 Å². The molecule has 0 aliphatic carbocycles. The van der Waals surface area contributed by atoms with Gasteiger partial charge in [0.1, 0.15) is 23.3 Å². The van der Waals surface area contributed by atoms with Gasteiger partial charge in [-0.15, -0.1) is 0 Å². The minimum atomic E-state index is -1.85. The maximum absolute atomic E-state index is 11.2. The topological polar surface area (TPSA) is 170 Å². The van der Waals surface area contributed by atoms with E-state index in [4.69, 9.17) is 40.3 Å². The van der Waals surface area contributed by atoms with Crippen LogP contribution in [0.25, 0.3) is 0 Å². The van der Waals surface area contributed by atoms with Crippen molar-refractivity contribution in [2.75, 3.05) is 46.9 Å². The molecule has 0 spiro atoms. The molecule has 0 amide bonds. The number of hydrogen-bond donors (Lipinski definition) is 3. The number of carbonyl (C=O) groups is 2. The van der Waals surface area contributed by atoms with Crippen molar-refractivity contribution in [3.05, 3.63) is 0 Å². The van der Waals surface area contributed by atoms with Crippen molar-refractivity contribution in [2.45, 2.75) is 130 Å². The van der Waals surface area contributed by atoms with Crippen molar-refractivity contribution in [1.82, 2.24) is 0 Å². The highest BCUT2D eigenvalue weighted by Crippen LogP contribution is 2.50. The van der Waals surface area contributed by atoms with Gasteiger partial charge in [-0.1, -0.05) is 20.8 Å². The lowest BCUT2D eigenvalue weighted by Gasteiger charge is -2.23. The number of methoxy groups -OCH3 is 1. The van der Waals surface area contributed by atoms with Gasteiger partial charge in [0.2, 0.25) is 0 Å². The summed E-state index contributed by atoms with van der Waals surface area (Å²) in [6, 6.07) is -1.61. The zero-order chi connectivity index (χ0) is 33.5. The summed E-state index contributed by atoms with van der Waals surface area (Å²) in [6.07, 6.45) is 1.39. The molecule has 3 unspecified atom stereocenters. The average Bonchev–Trinajstić information content (AvgIpc) is 3.22. The number of esters is 2. The molecular weight excluding hydrogens is 551 g/mol. The van der Waals surface area contributed by atoms with E-state index >= 15 is 0 Å². The Morgan fingerprint density at radius 2 is 1.24 bits per heavy atom. The van der Waals surface area contributed by atoms with Crippen molar-refractivity contribution in [2.24, 2.45) is 11.5 Å². The van der Waals surface area contributed by atoms with E-state index in [1.54, 1.807) is 41.5 Å². The van der Waals surface area contributed by atoms with Crippen LogP contribution in [-0.2, 0) is 37.8 Å². The first kappa shape index (κ1) is 44.4. The minimum absolute atomic E-state index is 0.00694. The summed E-state index contributed by atoms with van der Waals surface area (Å²) >= 11 is 0. The van der Waals surface area contributed by atoms with Gasteiger partial charge in [0, 0.05) is 18.9 Å². The first-order valence-corrected chi connectivity index (χ1v) is 16.5. The Labute approximate surface area is 250 Å². The highest BCUT2D eigenvalue weighted by Gasteiger charge is 2.26. The molecule has 1 aliphatic heterocycles. The summed E-state index contributed by atoms with van der Waals surface area (Å²) in [4.78, 5) is 22.0. The van der Waals surface area contributed by atoms with E-state index in [0.717, 1.165) is 19.6 Å². The Morgan fingerprint density at radius 1 is 0.854 bits per heavy atom. The number of hydrogen-bond acceptors (Lipinski definition) is 11. The Kier molecular flexibility index (Phi) is 20.8. The SMILES string of the molecule is CC(C)(C)OC(=O)C(N)CO.CC(C)(C)OC1CCOC1.CC(C)(C)P(C)(C)=O.COCC(N)C(=O)OC(C)(C)C. The van der Waals surface area contributed by atoms with Crippen molar-refractivity contribution in [3.8, 4) is 0 Å². The van der Waals surface area contributed by atoms with E-state index in [1.165, 1.54) is 7.11 Å². The molecule has 41 heavy (non-hydrogen) atoms. The van der Waals surface area contributed by atoms with Crippen LogP contribution in [-0.4, -0.2) is 104 Å². The molecule has 0 radical (unpaired) electrons. The smallest absolute Gasteiger partial charge is 0.325 e. The van der Waals surface area contributed by atoms with Crippen LogP contribution >= 0.6 is 7.14 Å². The second-order valence-corrected chi connectivity index (χ2v) is 18.2. The molecular formula is C29H63N2O9P. The minimum Gasteiger partial charge on any atom is -0.459 e. The second-order valence-electron chi connectivity index (χ2n) is 14.2. The maximum Gasteiger partial charge on any atom is 0.325 e. The standard InChI is InChI=1S/C8H17NO3.C8H16O2.C7H15NO3.C6H15OP/c1-8(2,3)12-7(10)6(9)5-11-4;1-8(2,3)10-7-4-5-9-6-7;1-7(2,3)11-6(10)5(8)4-9;1-6(2,3)8(4,5)7/h6H,5,9H2,1-4H3;7H,4-6H2,1-3H3;5,9H,4,8H2,1-3H3;1-5H3. The fraction of sp³-hybridized carbons (Fsp3) is 0.931. The van der Waals surface area contributed by atoms with Crippen molar-refractivity contribution >= 4 is 19.1 Å². The van der Waals surface area contributed by atoms with E-state index in [0.29, 0.717) is 6.10 Å². The van der Waals surface area contributed by atoms with E-state index in [-0.39, 0.29) is 24.0 Å². The molecule has 248 valence electrons. The van der Waals surface area contributed by atoms with Crippen LogP contribution in [0.1, 0.15) is 89.5 Å². The highest BCUT2D eigenvalue weighted by molar-refractivity contribution is 7.63. The third-order valence-electron chi connectivity index (χ3n) is 4.99. The molecule has 11 nitrogen and oxygen atoms in total. The molecule has 0 aromatic heterocycles. The normalized spacial score (nSPS) is 17.4. The summed E-state index contributed by atoms with van der Waals surface area (Å²) in [7, 11) is -0.359. The molecule has 1 fully saturated rings. The molecule has 3 atom stereocenters. The van der Waals surface area contributed by atoms with E-state index in [2.05, 4.69) is 20.8 Å². The Hall–Kier alpha value is -1.07. The van der Waals surface area contributed by atoms with Crippen LogP contribution in [0.3, 0.4) is 0 Å². The predicted molar refractivity (Wildman–Crippen MR) is 166 cm³/mol. The Morgan fingerprint density at radius 3 is 1.49 bits per heavy atom. The molecule has 0 bridgehead atoms. The Balaban J connectivity index is -0.000000474. The first-order chi connectivity index (χ1) is 18.1. The molecule has 1 saturated heterocycles. The van der Waals surface area contributed by atoms with Crippen LogP contribution in [0.2, 0.25) is 0 Å². The number of nitrogens with two attached hydrogens (primary N) is 2. The molecule has 1 rings (SSSR count). The van der Waals surface area contributed by atoms with Crippen LogP contribution in [0, 0.1) is 0 Å². The van der Waals surface area contributed by atoms with E-state index in [9.17, 15) is 14.2 Å². The van der Waals surface area contributed by atoms with Gasteiger partial charge in [0.05, 0.1) is 38.7 Å². The number of aliphatic hydroxyl groups excluding tert-OH is 1. The molecule has 0 saturated carbocycles. The predicted octanol–water partition coefficient (Wildman–Crippen LogP) is 3.95. The molecule has 1 heterocycles. The molecule has 1 aliphatic rings. The highest BCUT2D eigenvalue weighted by atomic mass is 31.2. The fourth-order valence-corrected chi connectivity index (χ4v) is 2.18. The number of aliphatic hydroxyl groups is 1. The third-order valence-corrected chi connectivity index (χ3v) is 8.22. The molecule has 0 aromatic carbocycles. The summed E-state index contributed by atoms with van der Waals surface area (Å²) in [5, 5.41) is 8.47. The van der Waals surface area contributed by atoms with Gasteiger partial charge in [-0.3, -0.25) is 9.59 Å². The Bertz CT molecular complexity index is 767. The van der Waals surface area contributed by atoms with Gasteiger partial charge in [0.15, 0.2) is 0 Å². The monoisotopic (exact) mass is 614 g/mol. The van der Waals surface area contributed by atoms with Crippen LogP contribution in [0.4, 0.5) is 0 Å². The number of rotatable bonds is 6. The quantitative estimate of drug-likeness (QED) is 0.292. The zero-order valence-electron chi connectivity index (χ0n) is 28.6. The maximum atomic E-state index is 11.2. The van der Waals surface area contributed by atoms with E-state index < -0.39 is 42.4 Å². The van der Waals surface area contributed by atoms with Crippen LogP contribution in [0.15, 0.2) is 0 Å². The van der Waals surface area contributed by atoms with Gasteiger partial charge < -0.3 is 44.8 Å². The summed E-state index contributed by atoms with van der Waals surface area (Å²) < 4.78 is 36.7. The fourth-order valence-electron chi connectivity index (χ4n) is 2.18. The third kappa shape index (κ3) is 28.8. The lowest BCUT2D eigenvalue weighted by molar-refractivity contribution is -0.158. The van der Waals surface area contributed by atoms with Gasteiger partial charge >= 0.3 is 11.9 Å². The van der Waals surface area contributed by atoms with E-state index in [1.807, 2.05) is 34.1 Å². The van der Waals surface area contributed by atoms with Gasteiger partial charge in [-0.2, -0.15) is 0 Å². The van der Waals surface area contributed by atoms with Gasteiger partial charge in [-0.05, 0) is 82.1 Å². The van der Waals surface area contributed by atoms with Crippen molar-refractivity contribution in [3.63, 3.8) is 0 Å². The lowest BCUT2D eigenvalue weighted by Crippen LogP contribution is -2.40.